The third kappa shape index (κ3) is 4.96. The second-order valence-electron chi connectivity index (χ2n) is 7.43. The Morgan fingerprint density at radius 3 is 2.70 bits per heavy atom. The van der Waals surface area contributed by atoms with Crippen molar-refractivity contribution >= 4 is 6.09 Å². The van der Waals surface area contributed by atoms with Crippen molar-refractivity contribution in [3.63, 3.8) is 0 Å². The largest absolute Gasteiger partial charge is 0.444 e. The van der Waals surface area contributed by atoms with Crippen LogP contribution >= 0.6 is 0 Å². The SMILES string of the molecule is Cc1ccccc1[C@@H](O)C[C@H]1CCCCN1C(=O)OC(C)(C)C. The topological polar surface area (TPSA) is 49.8 Å². The van der Waals surface area contributed by atoms with Crippen LogP contribution in [0.1, 0.15) is 63.7 Å². The number of likely N-dealkylation sites (tertiary alicyclic amines) is 1. The predicted molar refractivity (Wildman–Crippen MR) is 91.3 cm³/mol. The molecular weight excluding hydrogens is 290 g/mol. The molecule has 1 N–H and O–H groups in total. The number of nitrogens with zero attached hydrogens (tertiary/aromatic N) is 1. The minimum Gasteiger partial charge on any atom is -0.444 e. The van der Waals surface area contributed by atoms with E-state index in [1.807, 2.05) is 52.0 Å². The fraction of sp³-hybridized carbons (Fsp3) is 0.632. The number of benzene rings is 1. The van der Waals surface area contributed by atoms with E-state index in [-0.39, 0.29) is 12.1 Å². The standard InChI is InChI=1S/C19H29NO3/c1-14-9-5-6-11-16(14)17(21)13-15-10-7-8-12-20(15)18(22)23-19(2,3)4/h5-6,9,11,15,17,21H,7-8,10,12-13H2,1-4H3/t15-,17+/m1/s1. The van der Waals surface area contributed by atoms with Gasteiger partial charge in [0, 0.05) is 12.6 Å². The smallest absolute Gasteiger partial charge is 0.410 e. The molecule has 0 radical (unpaired) electrons. The zero-order chi connectivity index (χ0) is 17.0. The summed E-state index contributed by atoms with van der Waals surface area (Å²) in [6.45, 7) is 8.36. The average molecular weight is 319 g/mol. The molecule has 23 heavy (non-hydrogen) atoms. The van der Waals surface area contributed by atoms with Crippen LogP contribution in [0.3, 0.4) is 0 Å². The van der Waals surface area contributed by atoms with Crippen LogP contribution in [0.25, 0.3) is 0 Å². The molecule has 1 saturated heterocycles. The molecule has 1 aliphatic rings. The summed E-state index contributed by atoms with van der Waals surface area (Å²) in [6.07, 6.45) is 2.75. The molecule has 4 heteroatoms. The monoisotopic (exact) mass is 319 g/mol. The lowest BCUT2D eigenvalue weighted by atomic mass is 9.93. The molecule has 1 amide bonds. The number of ether oxygens (including phenoxy) is 1. The Hall–Kier alpha value is -1.55. The van der Waals surface area contributed by atoms with Crippen LogP contribution < -0.4 is 0 Å². The molecule has 0 bridgehead atoms. The molecule has 1 aliphatic heterocycles. The van der Waals surface area contributed by atoms with Gasteiger partial charge in [-0.2, -0.15) is 0 Å². The highest BCUT2D eigenvalue weighted by molar-refractivity contribution is 5.68. The van der Waals surface area contributed by atoms with Crippen molar-refractivity contribution in [1.82, 2.24) is 4.90 Å². The van der Waals surface area contributed by atoms with Crippen molar-refractivity contribution in [2.24, 2.45) is 0 Å². The summed E-state index contributed by atoms with van der Waals surface area (Å²) in [7, 11) is 0. The first-order chi connectivity index (χ1) is 10.8. The number of carbonyl (C=O) groups excluding carboxylic acids is 1. The molecule has 1 heterocycles. The van der Waals surface area contributed by atoms with Gasteiger partial charge >= 0.3 is 6.09 Å². The summed E-state index contributed by atoms with van der Waals surface area (Å²) in [5.74, 6) is 0. The van der Waals surface area contributed by atoms with Crippen molar-refractivity contribution in [1.29, 1.82) is 0 Å². The second kappa shape index (κ2) is 7.35. The normalized spacial score (nSPS) is 20.2. The van der Waals surface area contributed by atoms with Gasteiger partial charge in [0.2, 0.25) is 0 Å². The Morgan fingerprint density at radius 2 is 2.04 bits per heavy atom. The maximum Gasteiger partial charge on any atom is 0.410 e. The van der Waals surface area contributed by atoms with Crippen LogP contribution in [0.5, 0.6) is 0 Å². The highest BCUT2D eigenvalue weighted by Crippen LogP contribution is 2.29. The fourth-order valence-corrected chi connectivity index (χ4v) is 3.15. The number of hydrogen-bond donors (Lipinski definition) is 1. The van der Waals surface area contributed by atoms with Crippen LogP contribution in [-0.2, 0) is 4.74 Å². The van der Waals surface area contributed by atoms with E-state index < -0.39 is 11.7 Å². The second-order valence-corrected chi connectivity index (χ2v) is 7.43. The lowest BCUT2D eigenvalue weighted by Gasteiger charge is -2.37. The first-order valence-corrected chi connectivity index (χ1v) is 8.51. The number of aliphatic hydroxyl groups excluding tert-OH is 1. The molecule has 0 spiro atoms. The van der Waals surface area contributed by atoms with Crippen LogP contribution in [0, 0.1) is 6.92 Å². The first-order valence-electron chi connectivity index (χ1n) is 8.51. The molecule has 2 atom stereocenters. The zero-order valence-corrected chi connectivity index (χ0v) is 14.7. The van der Waals surface area contributed by atoms with Gasteiger partial charge in [0.15, 0.2) is 0 Å². The first kappa shape index (κ1) is 17.8. The molecule has 0 saturated carbocycles. The minimum absolute atomic E-state index is 0.0354. The number of rotatable bonds is 3. The van der Waals surface area contributed by atoms with E-state index in [0.29, 0.717) is 13.0 Å². The van der Waals surface area contributed by atoms with E-state index in [2.05, 4.69) is 0 Å². The lowest BCUT2D eigenvalue weighted by Crippen LogP contribution is -2.46. The number of piperidine rings is 1. The van der Waals surface area contributed by atoms with Crippen molar-refractivity contribution in [3.8, 4) is 0 Å². The third-order valence-corrected chi connectivity index (χ3v) is 4.30. The average Bonchev–Trinajstić information content (AvgIpc) is 2.46. The maximum absolute atomic E-state index is 12.4. The van der Waals surface area contributed by atoms with Crippen LogP contribution in [-0.4, -0.2) is 34.3 Å². The molecule has 128 valence electrons. The summed E-state index contributed by atoms with van der Waals surface area (Å²) in [6, 6.07) is 7.91. The molecule has 1 aromatic rings. The number of carbonyl (C=O) groups is 1. The molecule has 4 nitrogen and oxygen atoms in total. The Bertz CT molecular complexity index is 536. The summed E-state index contributed by atoms with van der Waals surface area (Å²) >= 11 is 0. The van der Waals surface area contributed by atoms with Crippen LogP contribution in [0.4, 0.5) is 4.79 Å². The number of amides is 1. The Kier molecular flexibility index (Phi) is 5.69. The quantitative estimate of drug-likeness (QED) is 0.908. The molecule has 0 unspecified atom stereocenters. The molecule has 1 aromatic carbocycles. The van der Waals surface area contributed by atoms with Crippen LogP contribution in [0.2, 0.25) is 0 Å². The van der Waals surface area contributed by atoms with E-state index in [1.54, 1.807) is 4.90 Å². The van der Waals surface area contributed by atoms with E-state index in [4.69, 9.17) is 4.74 Å². The van der Waals surface area contributed by atoms with E-state index in [1.165, 1.54) is 0 Å². The number of aryl methyl sites for hydroxylation is 1. The molecule has 0 aromatic heterocycles. The van der Waals surface area contributed by atoms with Gasteiger partial charge in [-0.15, -0.1) is 0 Å². The predicted octanol–water partition coefficient (Wildman–Crippen LogP) is 4.21. The van der Waals surface area contributed by atoms with Gasteiger partial charge in [-0.1, -0.05) is 24.3 Å². The lowest BCUT2D eigenvalue weighted by molar-refractivity contribution is 0.00234. The summed E-state index contributed by atoms with van der Waals surface area (Å²) in [4.78, 5) is 14.2. The number of aliphatic hydroxyl groups is 1. The van der Waals surface area contributed by atoms with Gasteiger partial charge in [0.05, 0.1) is 6.10 Å². The van der Waals surface area contributed by atoms with E-state index >= 15 is 0 Å². The zero-order valence-electron chi connectivity index (χ0n) is 14.7. The summed E-state index contributed by atoms with van der Waals surface area (Å²) in [5.41, 5.74) is 1.54. The Labute approximate surface area is 139 Å². The Morgan fingerprint density at radius 1 is 1.35 bits per heavy atom. The van der Waals surface area contributed by atoms with Crippen LogP contribution in [0.15, 0.2) is 24.3 Å². The van der Waals surface area contributed by atoms with Crippen molar-refractivity contribution in [2.45, 2.75) is 71.1 Å². The molecule has 1 fully saturated rings. The third-order valence-electron chi connectivity index (χ3n) is 4.30. The van der Waals surface area contributed by atoms with Crippen molar-refractivity contribution < 1.29 is 14.6 Å². The van der Waals surface area contributed by atoms with Gasteiger partial charge in [0.25, 0.3) is 0 Å². The van der Waals surface area contributed by atoms with Crippen molar-refractivity contribution in [3.05, 3.63) is 35.4 Å². The summed E-state index contributed by atoms with van der Waals surface area (Å²) < 4.78 is 5.52. The van der Waals surface area contributed by atoms with E-state index in [9.17, 15) is 9.90 Å². The highest BCUT2D eigenvalue weighted by atomic mass is 16.6. The fourth-order valence-electron chi connectivity index (χ4n) is 3.15. The molecular formula is C19H29NO3. The van der Waals surface area contributed by atoms with E-state index in [0.717, 1.165) is 30.4 Å². The van der Waals surface area contributed by atoms with Gasteiger partial charge in [-0.05, 0) is 64.5 Å². The van der Waals surface area contributed by atoms with Gasteiger partial charge in [-0.3, -0.25) is 0 Å². The Balaban J connectivity index is 2.06. The minimum atomic E-state index is -0.552. The summed E-state index contributed by atoms with van der Waals surface area (Å²) in [5, 5.41) is 10.6. The molecule has 0 aliphatic carbocycles. The molecule has 2 rings (SSSR count). The van der Waals surface area contributed by atoms with Crippen molar-refractivity contribution in [2.75, 3.05) is 6.54 Å². The van der Waals surface area contributed by atoms with Gasteiger partial charge < -0.3 is 14.7 Å². The van der Waals surface area contributed by atoms with Gasteiger partial charge in [-0.25, -0.2) is 4.79 Å². The maximum atomic E-state index is 12.4. The van der Waals surface area contributed by atoms with Gasteiger partial charge in [0.1, 0.15) is 5.60 Å². The highest BCUT2D eigenvalue weighted by Gasteiger charge is 2.32. The number of hydrogen-bond acceptors (Lipinski definition) is 3.